The number of phenolic OH excluding ortho intramolecular Hbond substituents is 1. The van der Waals surface area contributed by atoms with Crippen LogP contribution in [0.3, 0.4) is 0 Å². The van der Waals surface area contributed by atoms with Crippen molar-refractivity contribution in [1.82, 2.24) is 20.9 Å². The second kappa shape index (κ2) is 11.8. The first-order valence-corrected chi connectivity index (χ1v) is 11.3. The van der Waals surface area contributed by atoms with Crippen molar-refractivity contribution in [1.29, 1.82) is 0 Å². The van der Waals surface area contributed by atoms with E-state index in [9.17, 15) is 24.3 Å². The molecule has 1 fully saturated rings. The van der Waals surface area contributed by atoms with Crippen molar-refractivity contribution in [3.05, 3.63) is 65.7 Å². The lowest BCUT2D eigenvalue weighted by Gasteiger charge is -2.29. The summed E-state index contributed by atoms with van der Waals surface area (Å²) in [5, 5.41) is 17.5. The molecule has 9 heteroatoms. The van der Waals surface area contributed by atoms with Crippen LogP contribution in [0.25, 0.3) is 0 Å². The van der Waals surface area contributed by atoms with E-state index < -0.39 is 29.8 Å². The number of carbonyl (C=O) groups excluding carboxylic acids is 4. The van der Waals surface area contributed by atoms with Crippen LogP contribution >= 0.6 is 0 Å². The van der Waals surface area contributed by atoms with Gasteiger partial charge in [-0.15, -0.1) is 0 Å². The highest BCUT2D eigenvalue weighted by Crippen LogP contribution is 2.12. The molecule has 1 heterocycles. The van der Waals surface area contributed by atoms with Crippen LogP contribution in [-0.4, -0.2) is 65.4 Å². The van der Waals surface area contributed by atoms with Gasteiger partial charge in [-0.25, -0.2) is 0 Å². The van der Waals surface area contributed by atoms with Crippen LogP contribution in [0.1, 0.15) is 24.5 Å². The van der Waals surface area contributed by atoms with E-state index in [1.165, 1.54) is 17.0 Å². The summed E-state index contributed by atoms with van der Waals surface area (Å²) in [6.45, 7) is 1.68. The van der Waals surface area contributed by atoms with E-state index in [4.69, 9.17) is 0 Å². The van der Waals surface area contributed by atoms with Crippen molar-refractivity contribution in [3.63, 3.8) is 0 Å². The summed E-state index contributed by atoms with van der Waals surface area (Å²) >= 11 is 0. The number of hydrogen-bond donors (Lipinski definition) is 4. The van der Waals surface area contributed by atoms with Crippen LogP contribution < -0.4 is 16.0 Å². The summed E-state index contributed by atoms with van der Waals surface area (Å²) in [5.74, 6) is -1.73. The molecule has 1 aliphatic heterocycles. The minimum absolute atomic E-state index is 0.0892. The predicted molar refractivity (Wildman–Crippen MR) is 126 cm³/mol. The van der Waals surface area contributed by atoms with Gasteiger partial charge in [0.25, 0.3) is 0 Å². The van der Waals surface area contributed by atoms with Gasteiger partial charge in [-0.3, -0.25) is 19.2 Å². The Hall–Kier alpha value is -3.88. The number of benzene rings is 2. The number of aromatic hydroxyl groups is 1. The first-order valence-electron chi connectivity index (χ1n) is 11.3. The average molecular weight is 467 g/mol. The molecule has 180 valence electrons. The third-order valence-corrected chi connectivity index (χ3v) is 5.51. The SMILES string of the molecule is CCCN1CC(=O)N[C@@H](Cc2ccc(O)cc2)C(=O)NCC(=O)NC(Cc2ccccc2)C1=O. The molecule has 0 aromatic heterocycles. The van der Waals surface area contributed by atoms with Gasteiger partial charge in [-0.05, 0) is 29.7 Å². The van der Waals surface area contributed by atoms with Crippen molar-refractivity contribution in [3.8, 4) is 5.75 Å². The van der Waals surface area contributed by atoms with E-state index in [0.29, 0.717) is 13.0 Å². The van der Waals surface area contributed by atoms with Gasteiger partial charge >= 0.3 is 0 Å². The van der Waals surface area contributed by atoms with Crippen LogP contribution in [0, 0.1) is 0 Å². The lowest BCUT2D eigenvalue weighted by atomic mass is 10.0. The topological polar surface area (TPSA) is 128 Å². The fourth-order valence-corrected chi connectivity index (χ4v) is 3.83. The summed E-state index contributed by atoms with van der Waals surface area (Å²) < 4.78 is 0. The summed E-state index contributed by atoms with van der Waals surface area (Å²) in [6, 6.07) is 13.8. The first-order chi connectivity index (χ1) is 16.4. The Labute approximate surface area is 198 Å². The smallest absolute Gasteiger partial charge is 0.245 e. The lowest BCUT2D eigenvalue weighted by Crippen LogP contribution is -2.57. The highest BCUT2D eigenvalue weighted by molar-refractivity contribution is 5.95. The molecule has 2 aromatic rings. The van der Waals surface area contributed by atoms with Gasteiger partial charge in [-0.2, -0.15) is 0 Å². The molecule has 3 rings (SSSR count). The maximum absolute atomic E-state index is 13.3. The van der Waals surface area contributed by atoms with E-state index in [0.717, 1.165) is 11.1 Å². The van der Waals surface area contributed by atoms with E-state index >= 15 is 0 Å². The molecule has 2 atom stereocenters. The molecule has 0 spiro atoms. The molecule has 1 aliphatic rings. The summed E-state index contributed by atoms with van der Waals surface area (Å²) in [7, 11) is 0. The van der Waals surface area contributed by atoms with Gasteiger partial charge in [0.05, 0.1) is 13.1 Å². The summed E-state index contributed by atoms with van der Waals surface area (Å²) in [6.07, 6.45) is 1.06. The monoisotopic (exact) mass is 466 g/mol. The van der Waals surface area contributed by atoms with Gasteiger partial charge in [0.15, 0.2) is 0 Å². The van der Waals surface area contributed by atoms with Gasteiger partial charge < -0.3 is 26.0 Å². The molecular formula is C25H30N4O5. The molecule has 2 aromatic carbocycles. The van der Waals surface area contributed by atoms with Crippen LogP contribution in [0.15, 0.2) is 54.6 Å². The molecule has 0 saturated carbocycles. The maximum Gasteiger partial charge on any atom is 0.245 e. The molecule has 1 unspecified atom stereocenters. The van der Waals surface area contributed by atoms with Gasteiger partial charge in [0, 0.05) is 19.4 Å². The molecule has 4 N–H and O–H groups in total. The van der Waals surface area contributed by atoms with Crippen molar-refractivity contribution >= 4 is 23.6 Å². The number of hydrogen-bond acceptors (Lipinski definition) is 5. The Morgan fingerprint density at radius 3 is 2.15 bits per heavy atom. The molecule has 9 nitrogen and oxygen atoms in total. The number of phenols is 1. The normalized spacial score (nSPS) is 20.0. The molecule has 0 bridgehead atoms. The maximum atomic E-state index is 13.3. The van der Waals surface area contributed by atoms with Crippen LogP contribution in [0.2, 0.25) is 0 Å². The Morgan fingerprint density at radius 1 is 0.853 bits per heavy atom. The van der Waals surface area contributed by atoms with Gasteiger partial charge in [0.2, 0.25) is 23.6 Å². The highest BCUT2D eigenvalue weighted by atomic mass is 16.3. The van der Waals surface area contributed by atoms with Crippen molar-refractivity contribution < 1.29 is 24.3 Å². The molecule has 0 radical (unpaired) electrons. The van der Waals surface area contributed by atoms with Crippen molar-refractivity contribution in [2.24, 2.45) is 0 Å². The van der Waals surface area contributed by atoms with E-state index in [1.54, 1.807) is 12.1 Å². The zero-order chi connectivity index (χ0) is 24.5. The van der Waals surface area contributed by atoms with E-state index in [1.807, 2.05) is 37.3 Å². The number of nitrogens with one attached hydrogen (secondary N) is 3. The lowest BCUT2D eigenvalue weighted by molar-refractivity contribution is -0.140. The third-order valence-electron chi connectivity index (χ3n) is 5.51. The van der Waals surface area contributed by atoms with Gasteiger partial charge in [0.1, 0.15) is 17.8 Å². The number of amides is 4. The second-order valence-electron chi connectivity index (χ2n) is 8.28. The zero-order valence-corrected chi connectivity index (χ0v) is 19.1. The van der Waals surface area contributed by atoms with Crippen molar-refractivity contribution in [2.75, 3.05) is 19.6 Å². The Bertz CT molecular complexity index is 1010. The fourth-order valence-electron chi connectivity index (χ4n) is 3.83. The molecule has 34 heavy (non-hydrogen) atoms. The molecule has 1 saturated heterocycles. The summed E-state index contributed by atoms with van der Waals surface area (Å²) in [4.78, 5) is 53.0. The van der Waals surface area contributed by atoms with Crippen LogP contribution in [0.5, 0.6) is 5.75 Å². The molecular weight excluding hydrogens is 436 g/mol. The van der Waals surface area contributed by atoms with Crippen LogP contribution in [0.4, 0.5) is 0 Å². The predicted octanol–water partition coefficient (Wildman–Crippen LogP) is 0.515. The van der Waals surface area contributed by atoms with E-state index in [2.05, 4.69) is 16.0 Å². The Kier molecular flexibility index (Phi) is 8.61. The standard InChI is InChI=1S/C25H30N4O5/c1-2-12-29-16-23(32)27-20(13-18-8-10-19(30)11-9-18)24(33)26-15-22(31)28-21(25(29)34)14-17-6-4-3-5-7-17/h3-11,20-21,30H,2,12-16H2,1H3,(H,26,33)(H,27,32)(H,28,31)/t20-,21?/m0/s1. The van der Waals surface area contributed by atoms with Crippen molar-refractivity contribution in [2.45, 2.75) is 38.3 Å². The minimum Gasteiger partial charge on any atom is -0.508 e. The number of carbonyl (C=O) groups is 4. The second-order valence-corrected chi connectivity index (χ2v) is 8.28. The first kappa shape index (κ1) is 24.8. The minimum atomic E-state index is -0.942. The Morgan fingerprint density at radius 2 is 1.47 bits per heavy atom. The van der Waals surface area contributed by atoms with Crippen LogP contribution in [-0.2, 0) is 32.0 Å². The number of nitrogens with zero attached hydrogens (tertiary/aromatic N) is 1. The average Bonchev–Trinajstić information content (AvgIpc) is 2.82. The fraction of sp³-hybridized carbons (Fsp3) is 0.360. The van der Waals surface area contributed by atoms with Gasteiger partial charge in [-0.1, -0.05) is 49.4 Å². The Balaban J connectivity index is 1.81. The molecule has 4 amide bonds. The largest absolute Gasteiger partial charge is 0.508 e. The number of rotatable bonds is 6. The highest BCUT2D eigenvalue weighted by Gasteiger charge is 2.30. The zero-order valence-electron chi connectivity index (χ0n) is 19.1. The quantitative estimate of drug-likeness (QED) is 0.493. The summed E-state index contributed by atoms with van der Waals surface area (Å²) in [5.41, 5.74) is 1.59. The van der Waals surface area contributed by atoms with E-state index in [-0.39, 0.29) is 37.6 Å². The third kappa shape index (κ3) is 7.06. The molecule has 0 aliphatic carbocycles.